The Bertz CT molecular complexity index is 1090. The van der Waals surface area contributed by atoms with Crippen molar-refractivity contribution in [1.82, 2.24) is 9.97 Å². The van der Waals surface area contributed by atoms with E-state index in [2.05, 4.69) is 15.3 Å². The number of fused-ring (bicyclic) bond motifs is 1. The van der Waals surface area contributed by atoms with Gasteiger partial charge in [-0.2, -0.15) is 0 Å². The summed E-state index contributed by atoms with van der Waals surface area (Å²) in [6.07, 6.45) is 0. The van der Waals surface area contributed by atoms with Gasteiger partial charge >= 0.3 is 5.97 Å². The van der Waals surface area contributed by atoms with Crippen LogP contribution < -0.4 is 5.32 Å². The van der Waals surface area contributed by atoms with Gasteiger partial charge in [0.2, 0.25) is 5.91 Å². The van der Waals surface area contributed by atoms with Crippen LogP contribution in [0.5, 0.6) is 0 Å². The van der Waals surface area contributed by atoms with Gasteiger partial charge in [-0.25, -0.2) is 14.8 Å². The van der Waals surface area contributed by atoms with Crippen molar-refractivity contribution in [2.45, 2.75) is 45.6 Å². The van der Waals surface area contributed by atoms with E-state index in [1.54, 1.807) is 6.92 Å². The number of para-hydroxylation sites is 1. The van der Waals surface area contributed by atoms with Gasteiger partial charge in [0.15, 0.2) is 0 Å². The summed E-state index contributed by atoms with van der Waals surface area (Å²) in [7, 11) is 0. The zero-order valence-corrected chi connectivity index (χ0v) is 19.4. The van der Waals surface area contributed by atoms with Gasteiger partial charge in [-0.05, 0) is 32.4 Å². The van der Waals surface area contributed by atoms with E-state index >= 15 is 0 Å². The van der Waals surface area contributed by atoms with Crippen LogP contribution in [-0.4, -0.2) is 34.2 Å². The van der Waals surface area contributed by atoms with Crippen molar-refractivity contribution in [3.63, 3.8) is 0 Å². The number of nitrogens with one attached hydrogen (secondary N) is 1. The molecule has 158 valence electrons. The average Bonchev–Trinajstić information content (AvgIpc) is 2.99. The number of hydrogen-bond acceptors (Lipinski definition) is 7. The van der Waals surface area contributed by atoms with Crippen molar-refractivity contribution in [1.29, 1.82) is 0 Å². The lowest BCUT2D eigenvalue weighted by atomic mass is 10.1. The number of amides is 1. The van der Waals surface area contributed by atoms with Gasteiger partial charge in [-0.3, -0.25) is 4.79 Å². The van der Waals surface area contributed by atoms with E-state index in [-0.39, 0.29) is 24.2 Å². The number of benzene rings is 1. The van der Waals surface area contributed by atoms with Gasteiger partial charge in [0, 0.05) is 16.2 Å². The van der Waals surface area contributed by atoms with Crippen LogP contribution in [0.25, 0.3) is 10.9 Å². The summed E-state index contributed by atoms with van der Waals surface area (Å²) in [6, 6.07) is 7.80. The first-order valence-electron chi connectivity index (χ1n) is 9.78. The molecular formula is C22H25N3O3S2. The molecule has 8 heteroatoms. The second-order valence-corrected chi connectivity index (χ2v) is 9.29. The highest BCUT2D eigenvalue weighted by atomic mass is 32.2. The molecule has 0 aliphatic rings. The Morgan fingerprint density at radius 1 is 1.20 bits per heavy atom. The first kappa shape index (κ1) is 22.2. The molecule has 3 aromatic rings. The average molecular weight is 444 g/mol. The molecule has 30 heavy (non-hydrogen) atoms. The zero-order valence-electron chi connectivity index (χ0n) is 17.7. The predicted octanol–water partition coefficient (Wildman–Crippen LogP) is 5.34. The lowest BCUT2D eigenvalue weighted by Crippen LogP contribution is -2.16. The minimum Gasteiger partial charge on any atom is -0.462 e. The largest absolute Gasteiger partial charge is 0.462 e. The number of ether oxygens (including phenoxy) is 1. The fourth-order valence-corrected chi connectivity index (χ4v) is 4.78. The molecule has 0 unspecified atom stereocenters. The normalized spacial score (nSPS) is 11.1. The van der Waals surface area contributed by atoms with Crippen LogP contribution in [0.2, 0.25) is 0 Å². The number of thioether (sulfide) groups is 1. The molecule has 0 saturated carbocycles. The molecule has 0 spiro atoms. The summed E-state index contributed by atoms with van der Waals surface area (Å²) in [5, 5.41) is 5.12. The monoisotopic (exact) mass is 443 g/mol. The number of thiophene rings is 1. The van der Waals surface area contributed by atoms with Gasteiger partial charge < -0.3 is 10.1 Å². The van der Waals surface area contributed by atoms with E-state index in [0.717, 1.165) is 32.2 Å². The number of carbonyl (C=O) groups is 2. The Kier molecular flexibility index (Phi) is 7.10. The molecule has 0 radical (unpaired) electrons. The number of aryl methyl sites for hydroxylation is 1. The first-order valence-corrected chi connectivity index (χ1v) is 11.6. The number of hydrogen-bond donors (Lipinski definition) is 1. The highest BCUT2D eigenvalue weighted by molar-refractivity contribution is 8.00. The van der Waals surface area contributed by atoms with E-state index in [9.17, 15) is 9.59 Å². The van der Waals surface area contributed by atoms with E-state index < -0.39 is 5.97 Å². The highest BCUT2D eigenvalue weighted by Gasteiger charge is 2.22. The summed E-state index contributed by atoms with van der Waals surface area (Å²) in [6.45, 7) is 9.93. The van der Waals surface area contributed by atoms with Crippen molar-refractivity contribution in [2.75, 3.05) is 17.7 Å². The van der Waals surface area contributed by atoms with Crippen LogP contribution in [0.3, 0.4) is 0 Å². The van der Waals surface area contributed by atoms with Crippen LogP contribution in [0.15, 0.2) is 29.3 Å². The molecule has 1 N–H and O–H groups in total. The van der Waals surface area contributed by atoms with E-state index in [1.807, 2.05) is 52.0 Å². The van der Waals surface area contributed by atoms with Gasteiger partial charge in [0.05, 0.1) is 23.4 Å². The maximum atomic E-state index is 12.7. The molecule has 6 nitrogen and oxygen atoms in total. The number of anilines is 1. The van der Waals surface area contributed by atoms with E-state index in [4.69, 9.17) is 4.74 Å². The standard InChI is InChI=1S/C22H25N3O3S2/c1-6-28-22(27)18-13(4)14(5)30-21(18)24-17(26)11-29-20-15-9-7-8-10-16(15)23-19(25-20)12(2)3/h7-10,12H,6,11H2,1-5H3,(H,24,26). The maximum Gasteiger partial charge on any atom is 0.341 e. The lowest BCUT2D eigenvalue weighted by molar-refractivity contribution is -0.113. The number of esters is 1. The molecule has 2 aromatic heterocycles. The third kappa shape index (κ3) is 4.82. The van der Waals surface area contributed by atoms with Gasteiger partial charge in [0.1, 0.15) is 15.9 Å². The summed E-state index contributed by atoms with van der Waals surface area (Å²) in [4.78, 5) is 35.3. The molecule has 0 bridgehead atoms. The van der Waals surface area contributed by atoms with Crippen molar-refractivity contribution in [3.8, 4) is 0 Å². The molecule has 0 fully saturated rings. The summed E-state index contributed by atoms with van der Waals surface area (Å²) >= 11 is 2.76. The predicted molar refractivity (Wildman–Crippen MR) is 123 cm³/mol. The number of rotatable bonds is 7. The third-order valence-electron chi connectivity index (χ3n) is 4.56. The van der Waals surface area contributed by atoms with E-state index in [1.165, 1.54) is 23.1 Å². The molecule has 1 amide bonds. The highest BCUT2D eigenvalue weighted by Crippen LogP contribution is 2.33. The quantitative estimate of drug-likeness (QED) is 0.302. The molecule has 1 aromatic carbocycles. The lowest BCUT2D eigenvalue weighted by Gasteiger charge is -2.10. The van der Waals surface area contributed by atoms with Crippen molar-refractivity contribution in [2.24, 2.45) is 0 Å². The summed E-state index contributed by atoms with van der Waals surface area (Å²) in [5.74, 6) is 0.514. The topological polar surface area (TPSA) is 81.2 Å². The number of aromatic nitrogens is 2. The molecule has 0 saturated heterocycles. The second-order valence-electron chi connectivity index (χ2n) is 7.10. The fourth-order valence-electron chi connectivity index (χ4n) is 2.89. The third-order valence-corrected chi connectivity index (χ3v) is 6.67. The summed E-state index contributed by atoms with van der Waals surface area (Å²) < 4.78 is 5.15. The Labute approximate surface area is 184 Å². The van der Waals surface area contributed by atoms with Crippen molar-refractivity contribution >= 4 is 50.9 Å². The minimum absolute atomic E-state index is 0.177. The zero-order chi connectivity index (χ0) is 21.8. The van der Waals surface area contributed by atoms with Gasteiger partial charge in [0.25, 0.3) is 0 Å². The Balaban J connectivity index is 1.79. The maximum absolute atomic E-state index is 12.7. The van der Waals surface area contributed by atoms with Crippen molar-refractivity contribution in [3.05, 3.63) is 46.1 Å². The van der Waals surface area contributed by atoms with Crippen LogP contribution in [0, 0.1) is 13.8 Å². The smallest absolute Gasteiger partial charge is 0.341 e. The molecule has 0 aliphatic heterocycles. The van der Waals surface area contributed by atoms with Crippen LogP contribution in [0.1, 0.15) is 53.3 Å². The molecule has 0 atom stereocenters. The minimum atomic E-state index is -0.411. The Morgan fingerprint density at radius 2 is 1.93 bits per heavy atom. The summed E-state index contributed by atoms with van der Waals surface area (Å²) in [5.41, 5.74) is 2.14. The van der Waals surface area contributed by atoms with Gasteiger partial charge in [-0.15, -0.1) is 11.3 Å². The SMILES string of the molecule is CCOC(=O)c1c(NC(=O)CSc2nc(C(C)C)nc3ccccc23)sc(C)c1C. The number of nitrogens with zero attached hydrogens (tertiary/aromatic N) is 2. The van der Waals surface area contributed by atoms with Crippen molar-refractivity contribution < 1.29 is 14.3 Å². The van der Waals surface area contributed by atoms with Crippen LogP contribution in [-0.2, 0) is 9.53 Å². The van der Waals surface area contributed by atoms with Crippen LogP contribution >= 0.6 is 23.1 Å². The Hall–Kier alpha value is -2.45. The first-order chi connectivity index (χ1) is 14.3. The molecular weight excluding hydrogens is 418 g/mol. The van der Waals surface area contributed by atoms with Crippen LogP contribution in [0.4, 0.5) is 5.00 Å². The molecule has 3 rings (SSSR count). The fraction of sp³-hybridized carbons (Fsp3) is 0.364. The molecule has 2 heterocycles. The van der Waals surface area contributed by atoms with Gasteiger partial charge in [-0.1, -0.05) is 43.8 Å². The number of carbonyl (C=O) groups excluding carboxylic acids is 2. The van der Waals surface area contributed by atoms with E-state index in [0.29, 0.717) is 10.6 Å². The second kappa shape index (κ2) is 9.57. The Morgan fingerprint density at radius 3 is 2.63 bits per heavy atom. The molecule has 0 aliphatic carbocycles.